The molecule has 3 heteroatoms. The van der Waals surface area contributed by atoms with E-state index in [-0.39, 0.29) is 5.56 Å². The van der Waals surface area contributed by atoms with Crippen LogP contribution in [-0.2, 0) is 7.05 Å². The predicted molar refractivity (Wildman–Crippen MR) is 86.7 cm³/mol. The molecule has 1 heterocycles. The minimum Gasteiger partial charge on any atom is -0.381 e. The molecule has 1 N–H and O–H groups in total. The molecule has 1 saturated carbocycles. The zero-order valence-corrected chi connectivity index (χ0v) is 12.5. The average molecular weight is 282 g/mol. The molecule has 1 fully saturated rings. The Kier molecular flexibility index (Phi) is 4.09. The van der Waals surface area contributed by atoms with E-state index in [2.05, 4.69) is 35.6 Å². The third-order valence-corrected chi connectivity index (χ3v) is 4.43. The summed E-state index contributed by atoms with van der Waals surface area (Å²) >= 11 is 0. The Morgan fingerprint density at radius 2 is 1.81 bits per heavy atom. The van der Waals surface area contributed by atoms with Crippen LogP contribution in [-0.4, -0.2) is 10.6 Å². The largest absolute Gasteiger partial charge is 0.381 e. The van der Waals surface area contributed by atoms with Crippen molar-refractivity contribution in [3.05, 3.63) is 64.6 Å². The second-order valence-electron chi connectivity index (χ2n) is 5.92. The van der Waals surface area contributed by atoms with E-state index in [0.717, 1.165) is 5.69 Å². The number of aryl methyl sites for hydroxylation is 1. The van der Waals surface area contributed by atoms with Crippen LogP contribution >= 0.6 is 0 Å². The molecule has 3 rings (SSSR count). The van der Waals surface area contributed by atoms with E-state index >= 15 is 0 Å². The summed E-state index contributed by atoms with van der Waals surface area (Å²) in [6, 6.07) is 14.7. The number of aromatic nitrogens is 1. The Hall–Kier alpha value is -2.03. The Labute approximate surface area is 125 Å². The highest BCUT2D eigenvalue weighted by molar-refractivity contribution is 5.42. The van der Waals surface area contributed by atoms with E-state index in [9.17, 15) is 4.79 Å². The van der Waals surface area contributed by atoms with Crippen molar-refractivity contribution < 1.29 is 0 Å². The molecule has 1 aromatic heterocycles. The monoisotopic (exact) mass is 282 g/mol. The Morgan fingerprint density at radius 1 is 1.05 bits per heavy atom. The number of hydrogen-bond donors (Lipinski definition) is 1. The quantitative estimate of drug-likeness (QED) is 0.934. The van der Waals surface area contributed by atoms with Crippen LogP contribution in [0.2, 0.25) is 0 Å². The van der Waals surface area contributed by atoms with E-state index in [1.54, 1.807) is 17.7 Å². The van der Waals surface area contributed by atoms with Crippen LogP contribution in [0.4, 0.5) is 5.69 Å². The molecule has 1 aromatic carbocycles. The van der Waals surface area contributed by atoms with Crippen LogP contribution in [0.5, 0.6) is 0 Å². The first-order chi connectivity index (χ1) is 10.2. The van der Waals surface area contributed by atoms with Crippen LogP contribution in [0, 0.1) is 0 Å². The van der Waals surface area contributed by atoms with E-state index in [4.69, 9.17) is 0 Å². The first-order valence-electron chi connectivity index (χ1n) is 7.72. The Balaban J connectivity index is 1.81. The molecule has 2 atom stereocenters. The van der Waals surface area contributed by atoms with E-state index in [1.807, 2.05) is 12.3 Å². The summed E-state index contributed by atoms with van der Waals surface area (Å²) in [7, 11) is 1.79. The topological polar surface area (TPSA) is 34.0 Å². The standard InChI is InChI=1S/C18H22N2O/c1-20-13-15(11-12-18(20)21)19-17-10-6-5-9-16(17)14-7-3-2-4-8-14/h2-4,7-8,11-13,16-17,19H,5-6,9-10H2,1H3. The van der Waals surface area contributed by atoms with Crippen molar-refractivity contribution in [2.45, 2.75) is 37.6 Å². The summed E-state index contributed by atoms with van der Waals surface area (Å²) in [6.45, 7) is 0. The number of benzene rings is 1. The molecule has 1 aliphatic rings. The van der Waals surface area contributed by atoms with Gasteiger partial charge >= 0.3 is 0 Å². The van der Waals surface area contributed by atoms with Gasteiger partial charge in [0.25, 0.3) is 0 Å². The van der Waals surface area contributed by atoms with Crippen LogP contribution in [0.3, 0.4) is 0 Å². The normalized spacial score (nSPS) is 22.0. The van der Waals surface area contributed by atoms with Crippen LogP contribution in [0.25, 0.3) is 0 Å². The van der Waals surface area contributed by atoms with Crippen molar-refractivity contribution in [1.29, 1.82) is 0 Å². The number of nitrogens with zero attached hydrogens (tertiary/aromatic N) is 1. The van der Waals surface area contributed by atoms with Gasteiger partial charge in [-0.05, 0) is 24.5 Å². The third kappa shape index (κ3) is 3.18. The molecule has 0 aliphatic heterocycles. The Bertz CT molecular complexity index is 648. The van der Waals surface area contributed by atoms with Gasteiger partial charge in [-0.25, -0.2) is 0 Å². The van der Waals surface area contributed by atoms with Gasteiger partial charge in [0.15, 0.2) is 0 Å². The molecule has 2 aromatic rings. The number of nitrogens with one attached hydrogen (secondary N) is 1. The molecule has 110 valence electrons. The third-order valence-electron chi connectivity index (χ3n) is 4.43. The van der Waals surface area contributed by atoms with Crippen molar-refractivity contribution in [3.8, 4) is 0 Å². The molecule has 21 heavy (non-hydrogen) atoms. The fourth-order valence-electron chi connectivity index (χ4n) is 3.30. The van der Waals surface area contributed by atoms with E-state index < -0.39 is 0 Å². The van der Waals surface area contributed by atoms with Crippen molar-refractivity contribution in [3.63, 3.8) is 0 Å². The summed E-state index contributed by atoms with van der Waals surface area (Å²) in [6.07, 6.45) is 6.87. The SMILES string of the molecule is Cn1cc(NC2CCCCC2c2ccccc2)ccc1=O. The molecule has 0 spiro atoms. The Morgan fingerprint density at radius 3 is 2.57 bits per heavy atom. The lowest BCUT2D eigenvalue weighted by molar-refractivity contribution is 0.405. The summed E-state index contributed by atoms with van der Waals surface area (Å²) in [5, 5.41) is 3.64. The second kappa shape index (κ2) is 6.17. The van der Waals surface area contributed by atoms with Gasteiger partial charge in [0.2, 0.25) is 5.56 Å². The molecular weight excluding hydrogens is 260 g/mol. The summed E-state index contributed by atoms with van der Waals surface area (Å²) in [5.41, 5.74) is 2.48. The highest BCUT2D eigenvalue weighted by atomic mass is 16.1. The number of hydrogen-bond acceptors (Lipinski definition) is 2. The highest BCUT2D eigenvalue weighted by Crippen LogP contribution is 2.34. The highest BCUT2D eigenvalue weighted by Gasteiger charge is 2.26. The number of pyridine rings is 1. The first-order valence-corrected chi connectivity index (χ1v) is 7.72. The molecule has 2 unspecified atom stereocenters. The zero-order valence-electron chi connectivity index (χ0n) is 12.5. The second-order valence-corrected chi connectivity index (χ2v) is 5.92. The van der Waals surface area contributed by atoms with Crippen LogP contribution < -0.4 is 10.9 Å². The summed E-state index contributed by atoms with van der Waals surface area (Å²) < 4.78 is 1.63. The van der Waals surface area contributed by atoms with Crippen LogP contribution in [0.1, 0.15) is 37.2 Å². The summed E-state index contributed by atoms with van der Waals surface area (Å²) in [5.74, 6) is 0.553. The minimum absolute atomic E-state index is 0.0313. The lowest BCUT2D eigenvalue weighted by Crippen LogP contribution is -2.31. The van der Waals surface area contributed by atoms with Gasteiger partial charge < -0.3 is 9.88 Å². The lowest BCUT2D eigenvalue weighted by Gasteiger charge is -2.33. The van der Waals surface area contributed by atoms with Gasteiger partial charge in [0.05, 0.1) is 5.69 Å². The van der Waals surface area contributed by atoms with E-state index in [1.165, 1.54) is 31.2 Å². The maximum atomic E-state index is 11.5. The van der Waals surface area contributed by atoms with Gasteiger partial charge in [-0.2, -0.15) is 0 Å². The average Bonchev–Trinajstić information content (AvgIpc) is 2.52. The number of anilines is 1. The molecular formula is C18H22N2O. The maximum absolute atomic E-state index is 11.5. The molecule has 1 aliphatic carbocycles. The molecule has 3 nitrogen and oxygen atoms in total. The fourth-order valence-corrected chi connectivity index (χ4v) is 3.30. The van der Waals surface area contributed by atoms with Crippen molar-refractivity contribution >= 4 is 5.69 Å². The maximum Gasteiger partial charge on any atom is 0.250 e. The van der Waals surface area contributed by atoms with Gasteiger partial charge in [-0.1, -0.05) is 43.2 Å². The minimum atomic E-state index is 0.0313. The smallest absolute Gasteiger partial charge is 0.250 e. The van der Waals surface area contributed by atoms with Crippen LogP contribution in [0.15, 0.2) is 53.5 Å². The molecule has 0 radical (unpaired) electrons. The lowest BCUT2D eigenvalue weighted by atomic mass is 9.80. The van der Waals surface area contributed by atoms with Gasteiger partial charge in [-0.3, -0.25) is 4.79 Å². The van der Waals surface area contributed by atoms with Crippen molar-refractivity contribution in [2.24, 2.45) is 7.05 Å². The van der Waals surface area contributed by atoms with Crippen molar-refractivity contribution in [1.82, 2.24) is 4.57 Å². The van der Waals surface area contributed by atoms with Crippen molar-refractivity contribution in [2.75, 3.05) is 5.32 Å². The predicted octanol–water partition coefficient (Wildman–Crippen LogP) is 3.52. The van der Waals surface area contributed by atoms with Gasteiger partial charge in [0.1, 0.15) is 0 Å². The zero-order chi connectivity index (χ0) is 14.7. The van der Waals surface area contributed by atoms with E-state index in [0.29, 0.717) is 12.0 Å². The fraction of sp³-hybridized carbons (Fsp3) is 0.389. The molecule has 0 bridgehead atoms. The number of rotatable bonds is 3. The first kappa shape index (κ1) is 13.9. The molecule has 0 saturated heterocycles. The van der Waals surface area contributed by atoms with Gasteiger partial charge in [0, 0.05) is 31.3 Å². The summed E-state index contributed by atoms with van der Waals surface area (Å²) in [4.78, 5) is 11.5. The molecule has 0 amide bonds. The van der Waals surface area contributed by atoms with Gasteiger partial charge in [-0.15, -0.1) is 0 Å².